The van der Waals surface area contributed by atoms with E-state index in [1.54, 1.807) is 30.3 Å². The van der Waals surface area contributed by atoms with E-state index >= 15 is 0 Å². The zero-order chi connectivity index (χ0) is 27.8. The van der Waals surface area contributed by atoms with E-state index in [2.05, 4.69) is 17.1 Å². The van der Waals surface area contributed by atoms with Crippen LogP contribution < -0.4 is 14.9 Å². The Balaban J connectivity index is 1.55. The molecule has 0 spiro atoms. The molecule has 0 radical (unpaired) electrons. The summed E-state index contributed by atoms with van der Waals surface area (Å²) in [6, 6.07) is 20.4. The van der Waals surface area contributed by atoms with Gasteiger partial charge in [0, 0.05) is 17.7 Å². The van der Waals surface area contributed by atoms with Crippen LogP contribution in [0.1, 0.15) is 34.0 Å². The number of amides is 1. The topological polar surface area (TPSA) is 123 Å². The van der Waals surface area contributed by atoms with Crippen molar-refractivity contribution in [1.82, 2.24) is 5.43 Å². The molecule has 9 heteroatoms. The van der Waals surface area contributed by atoms with Crippen molar-refractivity contribution in [1.29, 1.82) is 0 Å². The van der Waals surface area contributed by atoms with Gasteiger partial charge in [0.15, 0.2) is 11.5 Å². The van der Waals surface area contributed by atoms with Gasteiger partial charge in [-0.3, -0.25) is 14.9 Å². The van der Waals surface area contributed by atoms with Crippen molar-refractivity contribution in [2.45, 2.75) is 20.0 Å². The zero-order valence-corrected chi connectivity index (χ0v) is 21.3. The maximum Gasteiger partial charge on any atom is 0.275 e. The molecule has 9 nitrogen and oxygen atoms in total. The van der Waals surface area contributed by atoms with Crippen molar-refractivity contribution in [2.24, 2.45) is 5.10 Å². The molecular formula is C30H27N3O6. The van der Waals surface area contributed by atoms with Crippen molar-refractivity contribution in [3.05, 3.63) is 118 Å². The molecule has 0 saturated carbocycles. The van der Waals surface area contributed by atoms with Crippen molar-refractivity contribution in [3.8, 4) is 17.2 Å². The quantitative estimate of drug-likeness (QED) is 0.108. The number of rotatable bonds is 11. The predicted octanol–water partition coefficient (Wildman–Crippen LogP) is 5.92. The highest BCUT2D eigenvalue weighted by Gasteiger charge is 2.15. The lowest BCUT2D eigenvalue weighted by atomic mass is 10.1. The number of aromatic hydroxyl groups is 1. The number of phenolic OH excluding ortho intramolecular Hbond substituents is 1. The first-order valence-corrected chi connectivity index (χ1v) is 12.2. The van der Waals surface area contributed by atoms with Crippen LogP contribution in [-0.4, -0.2) is 28.8 Å². The second-order valence-electron chi connectivity index (χ2n) is 8.56. The Morgan fingerprint density at radius 2 is 1.85 bits per heavy atom. The van der Waals surface area contributed by atoms with Crippen LogP contribution in [0.25, 0.3) is 10.8 Å². The average Bonchev–Trinajstić information content (AvgIpc) is 2.92. The largest absolute Gasteiger partial charge is 0.507 e. The lowest BCUT2D eigenvalue weighted by Gasteiger charge is -2.17. The maximum absolute atomic E-state index is 12.7. The first-order chi connectivity index (χ1) is 18.9. The Morgan fingerprint density at radius 3 is 2.56 bits per heavy atom. The number of hydrogen-bond acceptors (Lipinski definition) is 7. The number of nitro benzene ring substituents is 1. The molecule has 0 aliphatic heterocycles. The standard InChI is InChI=1S/C30H27N3O6/c1-3-8-24-13-21(18-31-32-30(35)26-16-22-10-5-6-11-23(22)17-27(26)34)15-28(38-4-2)29(24)39-19-20-9-7-12-25(14-20)33(36)37/h3,5-7,9-18,34H,1,4,8,19H2,2H3,(H,32,35). The Bertz CT molecular complexity index is 1560. The molecule has 0 aromatic heterocycles. The van der Waals surface area contributed by atoms with E-state index in [0.717, 1.165) is 16.3 Å². The second kappa shape index (κ2) is 12.4. The molecule has 0 heterocycles. The van der Waals surface area contributed by atoms with Gasteiger partial charge in [0.25, 0.3) is 11.6 Å². The van der Waals surface area contributed by atoms with Gasteiger partial charge in [-0.25, -0.2) is 5.43 Å². The van der Waals surface area contributed by atoms with Crippen LogP contribution in [0.4, 0.5) is 5.69 Å². The number of nitrogens with zero attached hydrogens (tertiary/aromatic N) is 2. The summed E-state index contributed by atoms with van der Waals surface area (Å²) in [5.41, 5.74) is 4.59. The van der Waals surface area contributed by atoms with Gasteiger partial charge in [-0.1, -0.05) is 42.5 Å². The summed E-state index contributed by atoms with van der Waals surface area (Å²) in [5, 5.41) is 27.1. The Morgan fingerprint density at radius 1 is 1.08 bits per heavy atom. The van der Waals surface area contributed by atoms with E-state index in [4.69, 9.17) is 9.47 Å². The lowest BCUT2D eigenvalue weighted by molar-refractivity contribution is -0.384. The molecule has 2 N–H and O–H groups in total. The summed E-state index contributed by atoms with van der Waals surface area (Å²) in [6.45, 7) is 6.13. The molecule has 0 bridgehead atoms. The third kappa shape index (κ3) is 6.58. The number of phenols is 1. The SMILES string of the molecule is C=CCc1cc(C=NNC(=O)c2cc3ccccc3cc2O)cc(OCC)c1OCc1cccc([N+](=O)[O-])c1. The molecule has 4 rings (SSSR count). The summed E-state index contributed by atoms with van der Waals surface area (Å²) < 4.78 is 11.9. The zero-order valence-electron chi connectivity index (χ0n) is 21.3. The predicted molar refractivity (Wildman–Crippen MR) is 150 cm³/mol. The van der Waals surface area contributed by atoms with Crippen LogP contribution in [0.15, 0.2) is 90.6 Å². The number of hydrogen-bond donors (Lipinski definition) is 2. The molecule has 198 valence electrons. The minimum atomic E-state index is -0.553. The second-order valence-corrected chi connectivity index (χ2v) is 8.56. The highest BCUT2D eigenvalue weighted by atomic mass is 16.6. The fourth-order valence-corrected chi connectivity index (χ4v) is 4.04. The van der Waals surface area contributed by atoms with Crippen LogP contribution in [0.2, 0.25) is 0 Å². The van der Waals surface area contributed by atoms with Gasteiger partial charge in [-0.2, -0.15) is 5.10 Å². The number of carbonyl (C=O) groups excluding carboxylic acids is 1. The number of fused-ring (bicyclic) bond motifs is 1. The van der Waals surface area contributed by atoms with Gasteiger partial charge in [-0.05, 0) is 59.5 Å². The molecule has 0 saturated heterocycles. The summed E-state index contributed by atoms with van der Waals surface area (Å²) >= 11 is 0. The van der Waals surface area contributed by atoms with E-state index in [9.17, 15) is 20.0 Å². The van der Waals surface area contributed by atoms with Crippen LogP contribution >= 0.6 is 0 Å². The van der Waals surface area contributed by atoms with Gasteiger partial charge < -0.3 is 14.6 Å². The number of nitrogens with one attached hydrogen (secondary N) is 1. The van der Waals surface area contributed by atoms with Crippen molar-refractivity contribution < 1.29 is 24.3 Å². The Hall–Kier alpha value is -5.18. The van der Waals surface area contributed by atoms with Crippen LogP contribution in [0.3, 0.4) is 0 Å². The molecule has 4 aromatic rings. The van der Waals surface area contributed by atoms with Crippen molar-refractivity contribution in [3.63, 3.8) is 0 Å². The van der Waals surface area contributed by atoms with Crippen molar-refractivity contribution in [2.75, 3.05) is 6.61 Å². The summed E-state index contributed by atoms with van der Waals surface area (Å²) in [7, 11) is 0. The molecule has 0 unspecified atom stereocenters. The van der Waals surface area contributed by atoms with E-state index in [-0.39, 0.29) is 23.6 Å². The molecule has 0 fully saturated rings. The minimum absolute atomic E-state index is 0.0157. The smallest absolute Gasteiger partial charge is 0.275 e. The highest BCUT2D eigenvalue weighted by Crippen LogP contribution is 2.34. The third-order valence-electron chi connectivity index (χ3n) is 5.81. The highest BCUT2D eigenvalue weighted by molar-refractivity contribution is 6.01. The summed E-state index contributed by atoms with van der Waals surface area (Å²) in [5.74, 6) is 0.258. The number of ether oxygens (including phenoxy) is 2. The number of nitro groups is 1. The normalized spacial score (nSPS) is 10.9. The van der Waals surface area contributed by atoms with Gasteiger partial charge in [0.1, 0.15) is 12.4 Å². The molecule has 0 aliphatic carbocycles. The van der Waals surface area contributed by atoms with E-state index in [1.165, 1.54) is 24.4 Å². The number of hydrazone groups is 1. The number of allylic oxidation sites excluding steroid dienone is 1. The maximum atomic E-state index is 12.7. The van der Waals surface area contributed by atoms with Gasteiger partial charge in [0.2, 0.25) is 0 Å². The molecular weight excluding hydrogens is 498 g/mol. The molecule has 1 amide bonds. The summed E-state index contributed by atoms with van der Waals surface area (Å²) in [4.78, 5) is 23.3. The monoisotopic (exact) mass is 525 g/mol. The molecule has 0 atom stereocenters. The fraction of sp³-hybridized carbons (Fsp3) is 0.133. The average molecular weight is 526 g/mol. The third-order valence-corrected chi connectivity index (χ3v) is 5.81. The number of benzene rings is 4. The van der Waals surface area contributed by atoms with E-state index < -0.39 is 10.8 Å². The molecule has 4 aromatic carbocycles. The van der Waals surface area contributed by atoms with Crippen LogP contribution in [0, 0.1) is 10.1 Å². The van der Waals surface area contributed by atoms with Gasteiger partial charge in [-0.15, -0.1) is 6.58 Å². The molecule has 0 aliphatic rings. The van der Waals surface area contributed by atoms with E-state index in [1.807, 2.05) is 37.3 Å². The van der Waals surface area contributed by atoms with Crippen LogP contribution in [0.5, 0.6) is 17.2 Å². The molecule has 39 heavy (non-hydrogen) atoms. The van der Waals surface area contributed by atoms with E-state index in [0.29, 0.717) is 35.7 Å². The minimum Gasteiger partial charge on any atom is -0.507 e. The first-order valence-electron chi connectivity index (χ1n) is 12.2. The Labute approximate surface area is 225 Å². The van der Waals surface area contributed by atoms with Crippen molar-refractivity contribution >= 4 is 28.6 Å². The van der Waals surface area contributed by atoms with Crippen LogP contribution in [-0.2, 0) is 13.0 Å². The first kappa shape index (κ1) is 26.9. The van der Waals surface area contributed by atoms with Gasteiger partial charge in [0.05, 0.1) is 23.3 Å². The fourth-order valence-electron chi connectivity index (χ4n) is 4.04. The van der Waals surface area contributed by atoms with Gasteiger partial charge >= 0.3 is 0 Å². The number of carbonyl (C=O) groups is 1. The summed E-state index contributed by atoms with van der Waals surface area (Å²) in [6.07, 6.45) is 3.65. The lowest BCUT2D eigenvalue weighted by Crippen LogP contribution is -2.17. The Kier molecular flexibility index (Phi) is 8.53. The number of non-ortho nitro benzene ring substituents is 1.